The first-order chi connectivity index (χ1) is 24.2. The maximum absolute atomic E-state index is 5.00. The van der Waals surface area contributed by atoms with E-state index in [-0.39, 0.29) is 0 Å². The van der Waals surface area contributed by atoms with Crippen LogP contribution < -0.4 is 0 Å². The molecule has 0 amide bonds. The molecule has 0 bridgehead atoms. The Bertz CT molecular complexity index is 2480. The van der Waals surface area contributed by atoms with Gasteiger partial charge in [-0.1, -0.05) is 140 Å². The Morgan fingerprint density at radius 2 is 1.00 bits per heavy atom. The van der Waals surface area contributed by atoms with Crippen molar-refractivity contribution in [1.29, 1.82) is 0 Å². The molecule has 8 rings (SSSR count). The van der Waals surface area contributed by atoms with Crippen LogP contribution in [0.15, 0.2) is 170 Å². The van der Waals surface area contributed by atoms with Crippen LogP contribution in [0, 0.1) is 6.92 Å². The maximum atomic E-state index is 5.00. The summed E-state index contributed by atoms with van der Waals surface area (Å²) >= 11 is 0. The lowest BCUT2D eigenvalue weighted by atomic mass is 9.98. The van der Waals surface area contributed by atoms with Crippen LogP contribution in [0.3, 0.4) is 0 Å². The highest BCUT2D eigenvalue weighted by Gasteiger charge is 2.14. The molecule has 0 radical (unpaired) electrons. The summed E-state index contributed by atoms with van der Waals surface area (Å²) in [5, 5.41) is 4.44. The van der Waals surface area contributed by atoms with Crippen molar-refractivity contribution in [3.8, 4) is 56.5 Å². The van der Waals surface area contributed by atoms with E-state index in [0.29, 0.717) is 17.3 Å². The fourth-order valence-corrected chi connectivity index (χ4v) is 6.16. The van der Waals surface area contributed by atoms with E-state index < -0.39 is 0 Å². The minimum atomic E-state index is 0.538. The van der Waals surface area contributed by atoms with Crippen LogP contribution in [-0.4, -0.2) is 24.9 Å². The standard InChI is InChI=1S/C44H31N5/c1-30-13-5-4-12-26-45-42(38-25-24-33-16-10-11-19-37(33)41(30)38)44-46-28-36(29-47-44)40-27-39(48-43(49-40)35-17-8-3-9-18-35)34-22-20-32(21-23-34)31-14-6-2-7-15-31/h2-29H,1H3. The van der Waals surface area contributed by atoms with Crippen LogP contribution in [0.5, 0.6) is 0 Å². The van der Waals surface area contributed by atoms with Gasteiger partial charge in [0.25, 0.3) is 0 Å². The number of hydrogen-bond donors (Lipinski definition) is 0. The van der Waals surface area contributed by atoms with Crippen molar-refractivity contribution in [2.45, 2.75) is 6.92 Å². The molecule has 5 aromatic carbocycles. The average molecular weight is 630 g/mol. The monoisotopic (exact) mass is 629 g/mol. The highest BCUT2D eigenvalue weighted by molar-refractivity contribution is 6.11. The minimum absolute atomic E-state index is 0.538. The van der Waals surface area contributed by atoms with Crippen LogP contribution >= 0.6 is 0 Å². The van der Waals surface area contributed by atoms with Crippen molar-refractivity contribution in [2.24, 2.45) is 0 Å². The van der Waals surface area contributed by atoms with E-state index in [1.807, 2.05) is 73.1 Å². The Morgan fingerprint density at radius 1 is 0.408 bits per heavy atom. The molecule has 8 aromatic rings. The third-order valence-corrected chi connectivity index (χ3v) is 8.64. The Hall–Kier alpha value is -6.59. The van der Waals surface area contributed by atoms with E-state index in [0.717, 1.165) is 55.4 Å². The first-order valence-corrected chi connectivity index (χ1v) is 16.2. The zero-order valence-electron chi connectivity index (χ0n) is 26.9. The molecule has 0 aliphatic heterocycles. The summed E-state index contributed by atoms with van der Waals surface area (Å²) in [6, 6.07) is 51.7. The van der Waals surface area contributed by atoms with E-state index >= 15 is 0 Å². The van der Waals surface area contributed by atoms with Gasteiger partial charge in [0, 0.05) is 40.7 Å². The number of benzene rings is 5. The second-order valence-corrected chi connectivity index (χ2v) is 11.8. The Balaban J connectivity index is 1.24. The molecule has 0 spiro atoms. The normalized spacial score (nSPS) is 11.0. The van der Waals surface area contributed by atoms with Crippen molar-refractivity contribution in [3.63, 3.8) is 0 Å². The van der Waals surface area contributed by atoms with Crippen LogP contribution in [0.2, 0.25) is 0 Å². The fraction of sp³-hybridized carbons (Fsp3) is 0.0227. The molecule has 232 valence electrons. The van der Waals surface area contributed by atoms with Gasteiger partial charge in [-0.25, -0.2) is 19.9 Å². The lowest BCUT2D eigenvalue weighted by molar-refractivity contribution is 1.13. The molecular weight excluding hydrogens is 599 g/mol. The molecule has 3 aromatic heterocycles. The maximum Gasteiger partial charge on any atom is 0.178 e. The van der Waals surface area contributed by atoms with Crippen molar-refractivity contribution in [2.75, 3.05) is 0 Å². The molecule has 5 heteroatoms. The largest absolute Gasteiger partial charge is 0.252 e. The molecule has 0 atom stereocenters. The van der Waals surface area contributed by atoms with Crippen LogP contribution in [-0.2, 0) is 0 Å². The summed E-state index contributed by atoms with van der Waals surface area (Å²) in [6.45, 7) is 2.13. The highest BCUT2D eigenvalue weighted by atomic mass is 14.9. The molecule has 0 fully saturated rings. The van der Waals surface area contributed by atoms with E-state index in [1.165, 1.54) is 10.9 Å². The first-order valence-electron chi connectivity index (χ1n) is 16.2. The highest BCUT2D eigenvalue weighted by Crippen LogP contribution is 2.33. The first kappa shape index (κ1) is 29.8. The zero-order valence-corrected chi connectivity index (χ0v) is 26.9. The second-order valence-electron chi connectivity index (χ2n) is 11.8. The quantitative estimate of drug-likeness (QED) is 0.190. The predicted molar refractivity (Wildman–Crippen MR) is 200 cm³/mol. The van der Waals surface area contributed by atoms with E-state index in [2.05, 4.69) is 97.9 Å². The molecule has 0 saturated carbocycles. The fourth-order valence-electron chi connectivity index (χ4n) is 6.16. The molecule has 0 aliphatic carbocycles. The van der Waals surface area contributed by atoms with E-state index in [4.69, 9.17) is 24.9 Å². The summed E-state index contributed by atoms with van der Waals surface area (Å²) in [5.74, 6) is 1.18. The van der Waals surface area contributed by atoms with Gasteiger partial charge >= 0.3 is 0 Å². The smallest absolute Gasteiger partial charge is 0.178 e. The van der Waals surface area contributed by atoms with Gasteiger partial charge < -0.3 is 0 Å². The number of rotatable bonds is 5. The summed E-state index contributed by atoms with van der Waals surface area (Å²) in [4.78, 5) is 24.6. The van der Waals surface area contributed by atoms with Crippen molar-refractivity contribution in [3.05, 3.63) is 176 Å². The SMILES string of the molecule is Cc1cccccnc(-c2ncc(-c3cc(-c4ccc(-c5ccccc5)cc4)nc(-c4ccccc4)n3)cn2)c2ccc3ccccc3c12. The number of hydrogen-bond acceptors (Lipinski definition) is 5. The predicted octanol–water partition coefficient (Wildman–Crippen LogP) is 10.7. The average Bonchev–Trinajstić information content (AvgIpc) is 3.18. The van der Waals surface area contributed by atoms with Crippen LogP contribution in [0.25, 0.3) is 78.1 Å². The van der Waals surface area contributed by atoms with Crippen molar-refractivity contribution >= 4 is 21.5 Å². The Kier molecular flexibility index (Phi) is 8.06. The van der Waals surface area contributed by atoms with Crippen molar-refractivity contribution in [1.82, 2.24) is 24.9 Å². The van der Waals surface area contributed by atoms with Gasteiger partial charge in [0.1, 0.15) is 5.69 Å². The van der Waals surface area contributed by atoms with E-state index in [9.17, 15) is 0 Å². The summed E-state index contributed by atoms with van der Waals surface area (Å²) < 4.78 is 0. The molecule has 3 heterocycles. The third kappa shape index (κ3) is 6.13. The van der Waals surface area contributed by atoms with Gasteiger partial charge in [0.05, 0.1) is 11.4 Å². The van der Waals surface area contributed by atoms with Crippen LogP contribution in [0.4, 0.5) is 0 Å². The Morgan fingerprint density at radius 3 is 1.76 bits per heavy atom. The molecule has 0 saturated heterocycles. The van der Waals surface area contributed by atoms with Gasteiger partial charge in [-0.05, 0) is 51.9 Å². The second kappa shape index (κ2) is 13.3. The minimum Gasteiger partial charge on any atom is -0.252 e. The van der Waals surface area contributed by atoms with Gasteiger partial charge in [-0.2, -0.15) is 0 Å². The lowest BCUT2D eigenvalue weighted by Gasteiger charge is -2.11. The molecule has 0 aliphatic rings. The van der Waals surface area contributed by atoms with Gasteiger partial charge in [-0.15, -0.1) is 0 Å². The zero-order chi connectivity index (χ0) is 33.0. The lowest BCUT2D eigenvalue weighted by Crippen LogP contribution is -1.98. The van der Waals surface area contributed by atoms with Gasteiger partial charge in [0.2, 0.25) is 0 Å². The number of fused-ring (bicyclic) bond motifs is 3. The van der Waals surface area contributed by atoms with Gasteiger partial charge in [0.15, 0.2) is 11.6 Å². The molecular formula is C44H31N5. The number of nitrogens with zero attached hydrogens (tertiary/aromatic N) is 5. The molecule has 5 nitrogen and oxygen atoms in total. The van der Waals surface area contributed by atoms with Gasteiger partial charge in [-0.3, -0.25) is 4.98 Å². The topological polar surface area (TPSA) is 64.5 Å². The summed E-state index contributed by atoms with van der Waals surface area (Å²) in [6.07, 6.45) is 5.45. The van der Waals surface area contributed by atoms with Crippen LogP contribution in [0.1, 0.15) is 5.56 Å². The van der Waals surface area contributed by atoms with Crippen molar-refractivity contribution < 1.29 is 0 Å². The number of aromatic nitrogens is 5. The molecule has 0 N–H and O–H groups in total. The number of aryl methyl sites for hydroxylation is 1. The summed E-state index contributed by atoms with van der Waals surface area (Å²) in [5.41, 5.74) is 8.47. The third-order valence-electron chi connectivity index (χ3n) is 8.64. The Labute approximate surface area is 285 Å². The summed E-state index contributed by atoms with van der Waals surface area (Å²) in [7, 11) is 0. The molecule has 49 heavy (non-hydrogen) atoms. The van der Waals surface area contributed by atoms with E-state index in [1.54, 1.807) is 6.20 Å². The molecule has 0 unspecified atom stereocenters.